The third kappa shape index (κ3) is 3.88. The number of para-hydroxylation sites is 1. The number of fused-ring (bicyclic) bond motifs is 1. The van der Waals surface area contributed by atoms with E-state index in [-0.39, 0.29) is 12.4 Å². The zero-order valence-corrected chi connectivity index (χ0v) is 15.4. The Kier molecular flexibility index (Phi) is 4.95. The molecule has 0 saturated carbocycles. The molecule has 0 atom stereocenters. The van der Waals surface area contributed by atoms with Gasteiger partial charge in [-0.3, -0.25) is 4.79 Å². The molecule has 3 nitrogen and oxygen atoms in total. The molecule has 0 aliphatic carbocycles. The molecule has 0 fully saturated rings. The lowest BCUT2D eigenvalue weighted by Crippen LogP contribution is -2.12. The Labute approximate surface area is 162 Å². The first kappa shape index (κ1) is 17.4. The lowest BCUT2D eigenvalue weighted by molar-refractivity contribution is 0.0922. The van der Waals surface area contributed by atoms with Crippen LogP contribution in [0.1, 0.15) is 21.5 Å². The Morgan fingerprint density at radius 3 is 2.59 bits per heavy atom. The summed E-state index contributed by atoms with van der Waals surface area (Å²) in [7, 11) is 0. The molecule has 27 heavy (non-hydrogen) atoms. The van der Waals surface area contributed by atoms with Gasteiger partial charge < -0.3 is 9.72 Å². The Bertz CT molecular complexity index is 1090. The summed E-state index contributed by atoms with van der Waals surface area (Å²) in [6.07, 6.45) is 2.43. The first-order valence-electron chi connectivity index (χ1n) is 8.75. The highest BCUT2D eigenvalue weighted by molar-refractivity contribution is 6.30. The molecular weight excluding hydrogens is 358 g/mol. The Hall–Kier alpha value is -3.04. The smallest absolute Gasteiger partial charge is 0.202 e. The predicted octanol–water partition coefficient (Wildman–Crippen LogP) is 5.67. The van der Waals surface area contributed by atoms with Gasteiger partial charge in [0.05, 0.1) is 0 Å². The van der Waals surface area contributed by atoms with E-state index in [0.717, 1.165) is 22.0 Å². The van der Waals surface area contributed by atoms with Crippen molar-refractivity contribution in [3.05, 3.63) is 101 Å². The van der Waals surface area contributed by atoms with E-state index in [0.29, 0.717) is 22.8 Å². The molecular formula is C23H18ClNO2. The standard InChI is InChI=1S/C23H18ClNO2/c24-18-10-11-23(17(13-18)12-16-6-2-1-3-7-16)27-15-22(26)20-14-25-21-9-5-4-8-19(20)21/h1-11,13-14,25H,12,15H2. The van der Waals surface area contributed by atoms with Crippen LogP contribution < -0.4 is 4.74 Å². The van der Waals surface area contributed by atoms with Gasteiger partial charge >= 0.3 is 0 Å². The number of benzene rings is 3. The van der Waals surface area contributed by atoms with Gasteiger partial charge in [-0.1, -0.05) is 60.1 Å². The van der Waals surface area contributed by atoms with Gasteiger partial charge in [-0.05, 0) is 35.4 Å². The molecule has 1 aromatic heterocycles. The van der Waals surface area contributed by atoms with Gasteiger partial charge in [0, 0.05) is 34.1 Å². The zero-order chi connectivity index (χ0) is 18.6. The van der Waals surface area contributed by atoms with Crippen LogP contribution in [0, 0.1) is 0 Å². The third-order valence-electron chi connectivity index (χ3n) is 4.51. The van der Waals surface area contributed by atoms with E-state index in [1.807, 2.05) is 54.6 Å². The molecule has 3 aromatic carbocycles. The predicted molar refractivity (Wildman–Crippen MR) is 109 cm³/mol. The van der Waals surface area contributed by atoms with Crippen LogP contribution >= 0.6 is 11.6 Å². The van der Waals surface area contributed by atoms with E-state index >= 15 is 0 Å². The molecule has 4 heteroatoms. The molecule has 0 spiro atoms. The summed E-state index contributed by atoms with van der Waals surface area (Å²) < 4.78 is 5.88. The minimum absolute atomic E-state index is 0.0225. The zero-order valence-electron chi connectivity index (χ0n) is 14.6. The molecule has 0 bridgehead atoms. The molecule has 0 saturated heterocycles. The average molecular weight is 376 g/mol. The molecule has 1 heterocycles. The molecule has 0 aliphatic heterocycles. The number of rotatable bonds is 6. The fraction of sp³-hybridized carbons (Fsp3) is 0.0870. The van der Waals surface area contributed by atoms with Gasteiger partial charge in [0.25, 0.3) is 0 Å². The summed E-state index contributed by atoms with van der Waals surface area (Å²) in [6.45, 7) is -0.0225. The maximum absolute atomic E-state index is 12.7. The molecule has 0 aliphatic rings. The minimum Gasteiger partial charge on any atom is -0.485 e. The van der Waals surface area contributed by atoms with Crippen LogP contribution in [0.4, 0.5) is 0 Å². The van der Waals surface area contributed by atoms with E-state index in [1.165, 1.54) is 0 Å². The van der Waals surface area contributed by atoms with E-state index in [1.54, 1.807) is 12.3 Å². The van der Waals surface area contributed by atoms with Crippen LogP contribution in [0.15, 0.2) is 79.0 Å². The largest absolute Gasteiger partial charge is 0.485 e. The highest BCUT2D eigenvalue weighted by Gasteiger charge is 2.14. The van der Waals surface area contributed by atoms with Gasteiger partial charge in [-0.2, -0.15) is 0 Å². The quantitative estimate of drug-likeness (QED) is 0.441. The topological polar surface area (TPSA) is 42.1 Å². The van der Waals surface area contributed by atoms with Crippen LogP contribution in [-0.2, 0) is 6.42 Å². The molecule has 134 valence electrons. The summed E-state index contributed by atoms with van der Waals surface area (Å²) >= 11 is 6.17. The summed E-state index contributed by atoms with van der Waals surface area (Å²) in [5.74, 6) is 0.615. The number of carbonyl (C=O) groups is 1. The molecule has 4 aromatic rings. The molecule has 0 amide bonds. The van der Waals surface area contributed by atoms with Crippen LogP contribution in [0.3, 0.4) is 0 Å². The summed E-state index contributed by atoms with van der Waals surface area (Å²) in [4.78, 5) is 15.8. The first-order chi connectivity index (χ1) is 13.2. The molecule has 0 unspecified atom stereocenters. The maximum atomic E-state index is 12.7. The lowest BCUT2D eigenvalue weighted by Gasteiger charge is -2.12. The van der Waals surface area contributed by atoms with Crippen molar-refractivity contribution in [3.63, 3.8) is 0 Å². The van der Waals surface area contributed by atoms with Crippen molar-refractivity contribution >= 4 is 28.3 Å². The van der Waals surface area contributed by atoms with Gasteiger partial charge in [0.1, 0.15) is 5.75 Å². The normalized spacial score (nSPS) is 10.9. The number of aromatic amines is 1. The van der Waals surface area contributed by atoms with Crippen LogP contribution in [0.25, 0.3) is 10.9 Å². The van der Waals surface area contributed by atoms with Crippen molar-refractivity contribution < 1.29 is 9.53 Å². The highest BCUT2D eigenvalue weighted by atomic mass is 35.5. The van der Waals surface area contributed by atoms with Gasteiger partial charge in [0.2, 0.25) is 5.78 Å². The van der Waals surface area contributed by atoms with Gasteiger partial charge in [-0.15, -0.1) is 0 Å². The van der Waals surface area contributed by atoms with E-state index in [2.05, 4.69) is 17.1 Å². The van der Waals surface area contributed by atoms with Crippen molar-refractivity contribution in [1.29, 1.82) is 0 Å². The van der Waals surface area contributed by atoms with Gasteiger partial charge in [-0.25, -0.2) is 0 Å². The Morgan fingerprint density at radius 2 is 1.74 bits per heavy atom. The van der Waals surface area contributed by atoms with Gasteiger partial charge in [0.15, 0.2) is 6.61 Å². The monoisotopic (exact) mass is 375 g/mol. The molecule has 0 radical (unpaired) electrons. The van der Waals surface area contributed by atoms with Crippen LogP contribution in [0.5, 0.6) is 5.75 Å². The molecule has 1 N–H and O–H groups in total. The number of ketones is 1. The Balaban J connectivity index is 1.53. The van der Waals surface area contributed by atoms with Crippen LogP contribution in [-0.4, -0.2) is 17.4 Å². The number of ether oxygens (including phenoxy) is 1. The number of hydrogen-bond acceptors (Lipinski definition) is 2. The third-order valence-corrected chi connectivity index (χ3v) is 4.74. The Morgan fingerprint density at radius 1 is 0.963 bits per heavy atom. The number of nitrogens with one attached hydrogen (secondary N) is 1. The van der Waals surface area contributed by atoms with Crippen molar-refractivity contribution in [1.82, 2.24) is 4.98 Å². The average Bonchev–Trinajstić information content (AvgIpc) is 3.12. The first-order valence-corrected chi connectivity index (χ1v) is 9.13. The minimum atomic E-state index is -0.0620. The summed E-state index contributed by atoms with van der Waals surface area (Å²) in [6, 6.07) is 23.3. The second-order valence-corrected chi connectivity index (χ2v) is 6.81. The molecule has 4 rings (SSSR count). The van der Waals surface area contributed by atoms with Crippen molar-refractivity contribution in [2.24, 2.45) is 0 Å². The van der Waals surface area contributed by atoms with E-state index < -0.39 is 0 Å². The summed E-state index contributed by atoms with van der Waals surface area (Å²) in [5.41, 5.74) is 3.70. The number of Topliss-reactive ketones (excluding diaryl/α,β-unsaturated/α-hetero) is 1. The SMILES string of the molecule is O=C(COc1ccc(Cl)cc1Cc1ccccc1)c1c[nH]c2ccccc12. The second kappa shape index (κ2) is 7.68. The fourth-order valence-corrected chi connectivity index (χ4v) is 3.36. The number of H-pyrrole nitrogens is 1. The van der Waals surface area contributed by atoms with Crippen molar-refractivity contribution in [2.75, 3.05) is 6.61 Å². The summed E-state index contributed by atoms with van der Waals surface area (Å²) in [5, 5.41) is 1.56. The second-order valence-electron chi connectivity index (χ2n) is 6.37. The fourth-order valence-electron chi connectivity index (χ4n) is 3.17. The van der Waals surface area contributed by atoms with Crippen molar-refractivity contribution in [3.8, 4) is 5.75 Å². The lowest BCUT2D eigenvalue weighted by atomic mass is 10.0. The van der Waals surface area contributed by atoms with Crippen LogP contribution in [0.2, 0.25) is 5.02 Å². The van der Waals surface area contributed by atoms with E-state index in [4.69, 9.17) is 16.3 Å². The maximum Gasteiger partial charge on any atom is 0.202 e. The number of aromatic nitrogens is 1. The van der Waals surface area contributed by atoms with Crippen molar-refractivity contribution in [2.45, 2.75) is 6.42 Å². The number of carbonyl (C=O) groups excluding carboxylic acids is 1. The van der Waals surface area contributed by atoms with E-state index in [9.17, 15) is 4.79 Å². The number of hydrogen-bond donors (Lipinski definition) is 1. The highest BCUT2D eigenvalue weighted by Crippen LogP contribution is 2.26. The number of halogens is 1.